The van der Waals surface area contributed by atoms with Crippen molar-refractivity contribution in [2.75, 3.05) is 11.9 Å². The van der Waals surface area contributed by atoms with E-state index in [-0.39, 0.29) is 11.9 Å². The molecular weight excluding hydrogens is 181 g/mol. The Morgan fingerprint density at radius 2 is 1.93 bits per heavy atom. The van der Waals surface area contributed by atoms with Gasteiger partial charge >= 0.3 is 0 Å². The maximum Gasteiger partial charge on any atom is 0.123 e. The predicted octanol–water partition coefficient (Wildman–Crippen LogP) is 2.01. The lowest BCUT2D eigenvalue weighted by atomic mass is 9.82. The van der Waals surface area contributed by atoms with Crippen LogP contribution in [0.1, 0.15) is 12.8 Å². The molecule has 0 heterocycles. The number of benzene rings is 1. The van der Waals surface area contributed by atoms with Crippen molar-refractivity contribution in [3.63, 3.8) is 0 Å². The fourth-order valence-corrected chi connectivity index (χ4v) is 1.70. The van der Waals surface area contributed by atoms with Crippen LogP contribution in [0.3, 0.4) is 0 Å². The first-order chi connectivity index (χ1) is 6.74. The van der Waals surface area contributed by atoms with Gasteiger partial charge in [0.15, 0.2) is 0 Å². The second kappa shape index (κ2) is 3.96. The Kier molecular flexibility index (Phi) is 2.68. The van der Waals surface area contributed by atoms with Gasteiger partial charge in [-0.05, 0) is 43.0 Å². The third-order valence-corrected chi connectivity index (χ3v) is 2.65. The lowest BCUT2D eigenvalue weighted by molar-refractivity contribution is 0.0487. The first-order valence-corrected chi connectivity index (χ1v) is 4.91. The average molecular weight is 195 g/mol. The normalized spacial score (nSPS) is 25.6. The van der Waals surface area contributed by atoms with Crippen LogP contribution in [0, 0.1) is 11.7 Å². The van der Waals surface area contributed by atoms with Crippen LogP contribution in [0.25, 0.3) is 0 Å². The Hall–Kier alpha value is -1.09. The predicted molar refractivity (Wildman–Crippen MR) is 53.6 cm³/mol. The van der Waals surface area contributed by atoms with E-state index in [0.29, 0.717) is 5.92 Å². The van der Waals surface area contributed by atoms with Crippen molar-refractivity contribution < 1.29 is 9.50 Å². The molecule has 0 amide bonds. The highest BCUT2D eigenvalue weighted by atomic mass is 19.1. The molecular formula is C11H14FNO. The molecule has 1 aliphatic carbocycles. The standard InChI is InChI=1S/C11H14FNO/c12-9-1-3-10(4-2-9)13-7-8-5-11(14)6-8/h1-4,8,11,13-14H,5-7H2. The van der Waals surface area contributed by atoms with E-state index < -0.39 is 0 Å². The quantitative estimate of drug-likeness (QED) is 0.773. The van der Waals surface area contributed by atoms with Crippen LogP contribution < -0.4 is 5.32 Å². The van der Waals surface area contributed by atoms with Gasteiger partial charge in [-0.25, -0.2) is 4.39 Å². The lowest BCUT2D eigenvalue weighted by Gasteiger charge is -2.31. The average Bonchev–Trinajstić information content (AvgIpc) is 2.13. The summed E-state index contributed by atoms with van der Waals surface area (Å²) in [7, 11) is 0. The molecule has 0 unspecified atom stereocenters. The SMILES string of the molecule is OC1CC(CNc2ccc(F)cc2)C1. The smallest absolute Gasteiger partial charge is 0.123 e. The van der Waals surface area contributed by atoms with Crippen molar-refractivity contribution in [3.05, 3.63) is 30.1 Å². The van der Waals surface area contributed by atoms with Crippen LogP contribution in [0.5, 0.6) is 0 Å². The molecule has 3 heteroatoms. The van der Waals surface area contributed by atoms with Gasteiger partial charge in [0.25, 0.3) is 0 Å². The molecule has 2 rings (SSSR count). The Labute approximate surface area is 82.8 Å². The number of aliphatic hydroxyl groups is 1. The Morgan fingerprint density at radius 1 is 1.29 bits per heavy atom. The number of anilines is 1. The van der Waals surface area contributed by atoms with E-state index in [4.69, 9.17) is 5.11 Å². The van der Waals surface area contributed by atoms with E-state index in [1.807, 2.05) is 0 Å². The highest BCUT2D eigenvalue weighted by molar-refractivity contribution is 5.42. The zero-order valence-electron chi connectivity index (χ0n) is 7.91. The molecule has 14 heavy (non-hydrogen) atoms. The number of rotatable bonds is 3. The first kappa shape index (κ1) is 9.46. The van der Waals surface area contributed by atoms with Crippen LogP contribution in [0.4, 0.5) is 10.1 Å². The fraction of sp³-hybridized carbons (Fsp3) is 0.455. The summed E-state index contributed by atoms with van der Waals surface area (Å²) in [5.74, 6) is 0.352. The molecule has 0 aromatic heterocycles. The van der Waals surface area contributed by atoms with Crippen molar-refractivity contribution in [2.45, 2.75) is 18.9 Å². The van der Waals surface area contributed by atoms with Crippen molar-refractivity contribution in [1.29, 1.82) is 0 Å². The molecule has 76 valence electrons. The third kappa shape index (κ3) is 2.23. The van der Waals surface area contributed by atoms with Gasteiger partial charge in [-0.1, -0.05) is 0 Å². The number of aliphatic hydroxyl groups excluding tert-OH is 1. The van der Waals surface area contributed by atoms with Gasteiger partial charge in [0, 0.05) is 12.2 Å². The van der Waals surface area contributed by atoms with E-state index in [0.717, 1.165) is 25.1 Å². The van der Waals surface area contributed by atoms with Crippen molar-refractivity contribution in [3.8, 4) is 0 Å². The molecule has 2 N–H and O–H groups in total. The van der Waals surface area contributed by atoms with Crippen LogP contribution in [0.15, 0.2) is 24.3 Å². The van der Waals surface area contributed by atoms with Gasteiger partial charge in [-0.3, -0.25) is 0 Å². The maximum atomic E-state index is 12.6. The molecule has 1 aromatic carbocycles. The van der Waals surface area contributed by atoms with Gasteiger partial charge in [0.1, 0.15) is 5.82 Å². The number of nitrogens with one attached hydrogen (secondary N) is 1. The van der Waals surface area contributed by atoms with Crippen LogP contribution >= 0.6 is 0 Å². The molecule has 1 aromatic rings. The maximum absolute atomic E-state index is 12.6. The number of halogens is 1. The van der Waals surface area contributed by atoms with Crippen LogP contribution in [-0.2, 0) is 0 Å². The minimum Gasteiger partial charge on any atom is -0.393 e. The molecule has 0 saturated heterocycles. The zero-order valence-corrected chi connectivity index (χ0v) is 7.91. The Bertz CT molecular complexity index is 293. The molecule has 0 spiro atoms. The summed E-state index contributed by atoms with van der Waals surface area (Å²) in [6.45, 7) is 0.864. The summed E-state index contributed by atoms with van der Waals surface area (Å²) < 4.78 is 12.6. The number of hydrogen-bond acceptors (Lipinski definition) is 2. The summed E-state index contributed by atoms with van der Waals surface area (Å²) in [5.41, 5.74) is 0.938. The summed E-state index contributed by atoms with van der Waals surface area (Å²) in [5, 5.41) is 12.3. The van der Waals surface area contributed by atoms with E-state index in [9.17, 15) is 4.39 Å². The molecule has 2 nitrogen and oxygen atoms in total. The highest BCUT2D eigenvalue weighted by Gasteiger charge is 2.26. The van der Waals surface area contributed by atoms with Gasteiger partial charge in [0.2, 0.25) is 0 Å². The lowest BCUT2D eigenvalue weighted by Crippen LogP contribution is -2.33. The molecule has 1 aliphatic rings. The first-order valence-electron chi connectivity index (χ1n) is 4.91. The minimum atomic E-state index is -0.213. The summed E-state index contributed by atoms with van der Waals surface area (Å²) in [4.78, 5) is 0. The second-order valence-electron chi connectivity index (χ2n) is 3.88. The van der Waals surface area contributed by atoms with E-state index in [2.05, 4.69) is 5.32 Å². The van der Waals surface area contributed by atoms with Crippen LogP contribution in [0.2, 0.25) is 0 Å². The van der Waals surface area contributed by atoms with E-state index in [1.54, 1.807) is 12.1 Å². The molecule has 1 fully saturated rings. The van der Waals surface area contributed by atoms with Crippen molar-refractivity contribution >= 4 is 5.69 Å². The monoisotopic (exact) mass is 195 g/mol. The number of hydrogen-bond donors (Lipinski definition) is 2. The molecule has 0 bridgehead atoms. The van der Waals surface area contributed by atoms with Gasteiger partial charge < -0.3 is 10.4 Å². The summed E-state index contributed by atoms with van der Waals surface area (Å²) in [6, 6.07) is 6.34. The van der Waals surface area contributed by atoms with E-state index >= 15 is 0 Å². The Balaban J connectivity index is 1.78. The minimum absolute atomic E-state index is 0.102. The molecule has 0 radical (unpaired) electrons. The van der Waals surface area contributed by atoms with Crippen molar-refractivity contribution in [2.24, 2.45) is 5.92 Å². The van der Waals surface area contributed by atoms with Gasteiger partial charge in [0.05, 0.1) is 6.10 Å². The molecule has 1 saturated carbocycles. The molecule has 0 aliphatic heterocycles. The molecule has 0 atom stereocenters. The highest BCUT2D eigenvalue weighted by Crippen LogP contribution is 2.27. The fourth-order valence-electron chi connectivity index (χ4n) is 1.70. The van der Waals surface area contributed by atoms with E-state index in [1.165, 1.54) is 12.1 Å². The second-order valence-corrected chi connectivity index (χ2v) is 3.88. The topological polar surface area (TPSA) is 32.3 Å². The van der Waals surface area contributed by atoms with Gasteiger partial charge in [-0.2, -0.15) is 0 Å². The Morgan fingerprint density at radius 3 is 2.50 bits per heavy atom. The summed E-state index contributed by atoms with van der Waals surface area (Å²) in [6.07, 6.45) is 1.66. The summed E-state index contributed by atoms with van der Waals surface area (Å²) >= 11 is 0. The van der Waals surface area contributed by atoms with Gasteiger partial charge in [-0.15, -0.1) is 0 Å². The zero-order chi connectivity index (χ0) is 9.97. The van der Waals surface area contributed by atoms with Crippen LogP contribution in [-0.4, -0.2) is 17.8 Å². The largest absolute Gasteiger partial charge is 0.393 e. The van der Waals surface area contributed by atoms with Crippen molar-refractivity contribution in [1.82, 2.24) is 0 Å². The third-order valence-electron chi connectivity index (χ3n) is 2.65.